The van der Waals surface area contributed by atoms with E-state index in [0.29, 0.717) is 25.0 Å². The molecule has 1 saturated heterocycles. The molecule has 0 aliphatic carbocycles. The minimum absolute atomic E-state index is 0.198. The molecular formula is C33H44N4O3S. The van der Waals surface area contributed by atoms with Crippen LogP contribution in [-0.2, 0) is 17.9 Å². The molecule has 8 heteroatoms. The van der Waals surface area contributed by atoms with Crippen molar-refractivity contribution in [3.63, 3.8) is 0 Å². The Hall–Kier alpha value is -3.39. The highest BCUT2D eigenvalue weighted by molar-refractivity contribution is 7.09. The number of nitrogens with zero attached hydrogens (tertiary/aromatic N) is 4. The molecule has 41 heavy (non-hydrogen) atoms. The number of amides is 2. The van der Waals surface area contributed by atoms with Gasteiger partial charge >= 0.3 is 12.0 Å². The van der Waals surface area contributed by atoms with E-state index in [2.05, 4.69) is 81.1 Å². The molecule has 0 spiro atoms. The van der Waals surface area contributed by atoms with Crippen molar-refractivity contribution in [3.8, 4) is 11.3 Å². The molecule has 220 valence electrons. The van der Waals surface area contributed by atoms with Crippen molar-refractivity contribution in [2.24, 2.45) is 0 Å². The van der Waals surface area contributed by atoms with E-state index in [1.54, 1.807) is 4.90 Å². The summed E-state index contributed by atoms with van der Waals surface area (Å²) in [6.07, 6.45) is 5.35. The predicted octanol–water partition coefficient (Wildman–Crippen LogP) is 7.62. The van der Waals surface area contributed by atoms with Crippen LogP contribution in [0.5, 0.6) is 0 Å². The number of carboxylic acid groups (broad SMARTS) is 1. The second kappa shape index (κ2) is 14.5. The molecule has 0 radical (unpaired) electrons. The molecule has 1 aliphatic rings. The molecule has 4 rings (SSSR count). The van der Waals surface area contributed by atoms with Gasteiger partial charge in [-0.25, -0.2) is 9.78 Å². The summed E-state index contributed by atoms with van der Waals surface area (Å²) >= 11 is 1.46. The zero-order chi connectivity index (χ0) is 29.4. The number of likely N-dealkylation sites (tertiary alicyclic amines) is 1. The number of carboxylic acids is 1. The zero-order valence-corrected chi connectivity index (χ0v) is 25.7. The summed E-state index contributed by atoms with van der Waals surface area (Å²) in [4.78, 5) is 34.9. The molecule has 3 aromatic rings. The average Bonchev–Trinajstić information content (AvgIpc) is 3.45. The minimum atomic E-state index is -1.01. The number of piperidine rings is 1. The molecule has 0 unspecified atom stereocenters. The van der Waals surface area contributed by atoms with E-state index in [1.165, 1.54) is 33.1 Å². The van der Waals surface area contributed by atoms with Crippen LogP contribution in [0.2, 0.25) is 0 Å². The molecule has 0 bridgehead atoms. The summed E-state index contributed by atoms with van der Waals surface area (Å²) in [5.41, 5.74) is 5.72. The van der Waals surface area contributed by atoms with E-state index >= 15 is 0 Å². The smallest absolute Gasteiger partial charge is 0.323 e. The SMILES string of the molecule is CCC(CC)c1ccc(N(Cc2ccc(-c3csc(CN(CC(=O)O)C(=O)N4CCCCC4)n3)cc2)C(C)C)cc1. The normalized spacial score (nSPS) is 13.6. The first kappa shape index (κ1) is 30.6. The molecule has 0 atom stereocenters. The highest BCUT2D eigenvalue weighted by atomic mass is 32.1. The molecule has 2 aromatic carbocycles. The molecule has 2 amide bonds. The van der Waals surface area contributed by atoms with Crippen LogP contribution in [0.15, 0.2) is 53.9 Å². The molecule has 0 saturated carbocycles. The summed E-state index contributed by atoms with van der Waals surface area (Å²) in [6, 6.07) is 17.7. The number of carbonyl (C=O) groups is 2. The highest BCUT2D eigenvalue weighted by Gasteiger charge is 2.25. The lowest BCUT2D eigenvalue weighted by Gasteiger charge is -2.31. The predicted molar refractivity (Wildman–Crippen MR) is 167 cm³/mol. The fraction of sp³-hybridized carbons (Fsp3) is 0.485. The van der Waals surface area contributed by atoms with Gasteiger partial charge in [0.2, 0.25) is 0 Å². The van der Waals surface area contributed by atoms with E-state index in [9.17, 15) is 14.7 Å². The lowest BCUT2D eigenvalue weighted by molar-refractivity contribution is -0.137. The van der Waals surface area contributed by atoms with E-state index < -0.39 is 5.97 Å². The molecule has 7 nitrogen and oxygen atoms in total. The summed E-state index contributed by atoms with van der Waals surface area (Å²) in [5, 5.41) is 12.1. The third kappa shape index (κ3) is 8.09. The van der Waals surface area contributed by atoms with Crippen LogP contribution in [0, 0.1) is 0 Å². The summed E-state index contributed by atoms with van der Waals surface area (Å²) in [5.74, 6) is -0.397. The third-order valence-electron chi connectivity index (χ3n) is 8.01. The lowest BCUT2D eigenvalue weighted by atomic mass is 9.94. The highest BCUT2D eigenvalue weighted by Crippen LogP contribution is 2.28. The van der Waals surface area contributed by atoms with Gasteiger partial charge in [-0.1, -0.05) is 50.2 Å². The zero-order valence-electron chi connectivity index (χ0n) is 24.9. The first-order valence-corrected chi connectivity index (χ1v) is 15.8. The Bertz CT molecular complexity index is 1260. The monoisotopic (exact) mass is 576 g/mol. The maximum absolute atomic E-state index is 13.0. The van der Waals surface area contributed by atoms with Gasteiger partial charge in [0.05, 0.1) is 12.2 Å². The molecule has 1 fully saturated rings. The summed E-state index contributed by atoms with van der Waals surface area (Å²) < 4.78 is 0. The molecule has 1 aliphatic heterocycles. The minimum Gasteiger partial charge on any atom is -0.480 e. The van der Waals surface area contributed by atoms with Gasteiger partial charge < -0.3 is 19.8 Å². The van der Waals surface area contributed by atoms with Gasteiger partial charge in [0, 0.05) is 42.3 Å². The Labute approximate surface area is 248 Å². The number of thiazole rings is 1. The molecular weight excluding hydrogens is 532 g/mol. The van der Waals surface area contributed by atoms with Crippen LogP contribution in [0.4, 0.5) is 10.5 Å². The Morgan fingerprint density at radius 1 is 0.951 bits per heavy atom. The number of anilines is 1. The average molecular weight is 577 g/mol. The van der Waals surface area contributed by atoms with Crippen LogP contribution in [0.3, 0.4) is 0 Å². The van der Waals surface area contributed by atoms with E-state index in [0.717, 1.165) is 54.9 Å². The van der Waals surface area contributed by atoms with Crippen molar-refractivity contribution in [2.75, 3.05) is 24.5 Å². The van der Waals surface area contributed by atoms with Gasteiger partial charge in [-0.15, -0.1) is 11.3 Å². The Morgan fingerprint density at radius 2 is 1.61 bits per heavy atom. The number of hydrogen-bond acceptors (Lipinski definition) is 5. The van der Waals surface area contributed by atoms with Gasteiger partial charge in [0.15, 0.2) is 0 Å². The van der Waals surface area contributed by atoms with Gasteiger partial charge in [-0.05, 0) is 75.1 Å². The lowest BCUT2D eigenvalue weighted by Crippen LogP contribution is -2.46. The van der Waals surface area contributed by atoms with Crippen LogP contribution in [-0.4, -0.2) is 57.6 Å². The summed E-state index contributed by atoms with van der Waals surface area (Å²) in [7, 11) is 0. The largest absolute Gasteiger partial charge is 0.480 e. The Kier molecular flexibility index (Phi) is 10.8. The first-order valence-electron chi connectivity index (χ1n) is 14.9. The Morgan fingerprint density at radius 3 is 2.20 bits per heavy atom. The van der Waals surface area contributed by atoms with Crippen molar-refractivity contribution in [3.05, 3.63) is 70.0 Å². The van der Waals surface area contributed by atoms with Gasteiger partial charge in [0.25, 0.3) is 0 Å². The fourth-order valence-corrected chi connectivity index (χ4v) is 6.38. The number of carbonyl (C=O) groups excluding carboxylic acids is 1. The second-order valence-corrected chi connectivity index (χ2v) is 12.2. The van der Waals surface area contributed by atoms with Crippen molar-refractivity contribution >= 4 is 29.0 Å². The topological polar surface area (TPSA) is 77.0 Å². The van der Waals surface area contributed by atoms with Crippen LogP contribution < -0.4 is 4.90 Å². The quantitative estimate of drug-likeness (QED) is 0.240. The van der Waals surface area contributed by atoms with Crippen LogP contribution in [0.1, 0.15) is 81.9 Å². The number of aliphatic carboxylic acids is 1. The van der Waals surface area contributed by atoms with E-state index in [4.69, 9.17) is 4.98 Å². The van der Waals surface area contributed by atoms with Crippen molar-refractivity contribution < 1.29 is 14.7 Å². The van der Waals surface area contributed by atoms with Crippen LogP contribution >= 0.6 is 11.3 Å². The van der Waals surface area contributed by atoms with Gasteiger partial charge in [0.1, 0.15) is 11.6 Å². The van der Waals surface area contributed by atoms with E-state index in [-0.39, 0.29) is 19.1 Å². The number of urea groups is 1. The molecule has 1 aromatic heterocycles. The maximum Gasteiger partial charge on any atom is 0.323 e. The molecule has 1 N–H and O–H groups in total. The number of aromatic nitrogens is 1. The van der Waals surface area contributed by atoms with Crippen molar-refractivity contribution in [1.29, 1.82) is 0 Å². The standard InChI is InChI=1S/C33H44N4O3S/c1-5-26(6-2)27-14-16-29(17-15-27)37(24(3)4)20-25-10-12-28(13-11-25)30-23-41-31(34-30)21-36(22-32(38)39)33(40)35-18-8-7-9-19-35/h10-17,23-24,26H,5-9,18-22H2,1-4H3,(H,38,39). The first-order chi connectivity index (χ1) is 19.8. The van der Waals surface area contributed by atoms with Crippen molar-refractivity contribution in [2.45, 2.75) is 84.8 Å². The fourth-order valence-electron chi connectivity index (χ4n) is 5.57. The molecule has 2 heterocycles. The summed E-state index contributed by atoms with van der Waals surface area (Å²) in [6.45, 7) is 11.0. The number of benzene rings is 2. The number of rotatable bonds is 12. The van der Waals surface area contributed by atoms with Crippen molar-refractivity contribution in [1.82, 2.24) is 14.8 Å². The third-order valence-corrected chi connectivity index (χ3v) is 8.84. The second-order valence-electron chi connectivity index (χ2n) is 11.2. The number of hydrogen-bond donors (Lipinski definition) is 1. The van der Waals surface area contributed by atoms with Gasteiger partial charge in [-0.2, -0.15) is 0 Å². The van der Waals surface area contributed by atoms with Gasteiger partial charge in [-0.3, -0.25) is 4.79 Å². The van der Waals surface area contributed by atoms with Crippen LogP contribution in [0.25, 0.3) is 11.3 Å². The van der Waals surface area contributed by atoms with E-state index in [1.807, 2.05) is 5.38 Å². The maximum atomic E-state index is 13.0. The Balaban J connectivity index is 1.42.